The fourth-order valence-corrected chi connectivity index (χ4v) is 3.02. The molecule has 0 heterocycles. The Kier molecular flexibility index (Phi) is 8.18. The number of aryl methyl sites for hydroxylation is 1. The van der Waals surface area contributed by atoms with Crippen LogP contribution in [0.25, 0.3) is 0 Å². The Hall–Kier alpha value is -1.80. The van der Waals surface area contributed by atoms with E-state index in [9.17, 15) is 22.4 Å². The van der Waals surface area contributed by atoms with Crippen molar-refractivity contribution in [2.24, 2.45) is 5.92 Å². The first-order valence-corrected chi connectivity index (χ1v) is 9.35. The van der Waals surface area contributed by atoms with E-state index in [0.29, 0.717) is 0 Å². The van der Waals surface area contributed by atoms with Crippen LogP contribution in [0.1, 0.15) is 32.3 Å². The molecule has 0 bridgehead atoms. The van der Waals surface area contributed by atoms with Crippen molar-refractivity contribution in [1.82, 2.24) is 0 Å². The third-order valence-corrected chi connectivity index (χ3v) is 4.86. The van der Waals surface area contributed by atoms with Crippen LogP contribution in [0.4, 0.5) is 4.39 Å². The molecule has 1 aromatic rings. The summed E-state index contributed by atoms with van der Waals surface area (Å²) in [5, 5.41) is 0. The highest BCUT2D eigenvalue weighted by atomic mass is 32.2. The molecule has 0 saturated carbocycles. The molecule has 0 saturated heterocycles. The molecule has 140 valence electrons. The zero-order valence-electron chi connectivity index (χ0n) is 14.5. The van der Waals surface area contributed by atoms with E-state index in [1.807, 2.05) is 6.92 Å². The number of hydrogen-bond acceptors (Lipinski definition) is 6. The zero-order valence-corrected chi connectivity index (χ0v) is 15.3. The van der Waals surface area contributed by atoms with E-state index in [0.717, 1.165) is 5.56 Å². The number of carbonyl (C=O) groups excluding carboxylic acids is 2. The van der Waals surface area contributed by atoms with Crippen molar-refractivity contribution in [3.63, 3.8) is 0 Å². The summed E-state index contributed by atoms with van der Waals surface area (Å²) in [6, 6.07) is 6.07. The first-order chi connectivity index (χ1) is 11.7. The minimum absolute atomic E-state index is 0.0124. The van der Waals surface area contributed by atoms with Gasteiger partial charge in [-0.3, -0.25) is 13.8 Å². The van der Waals surface area contributed by atoms with Gasteiger partial charge in [-0.05, 0) is 39.3 Å². The molecule has 0 aliphatic heterocycles. The van der Waals surface area contributed by atoms with Crippen LogP contribution in [0, 0.1) is 12.8 Å². The number of esters is 1. The van der Waals surface area contributed by atoms with Crippen molar-refractivity contribution in [1.29, 1.82) is 0 Å². The normalized spacial score (nSPS) is 13.9. The number of hydrogen-bond donors (Lipinski definition) is 0. The molecular formula is C17H23FO6S. The molecule has 2 unspecified atom stereocenters. The molecule has 8 heteroatoms. The largest absolute Gasteiger partial charge is 0.465 e. The van der Waals surface area contributed by atoms with Gasteiger partial charge in [-0.25, -0.2) is 4.39 Å². The average molecular weight is 374 g/mol. The summed E-state index contributed by atoms with van der Waals surface area (Å²) in [6.45, 7) is 4.31. The number of halogens is 1. The predicted molar refractivity (Wildman–Crippen MR) is 89.3 cm³/mol. The minimum atomic E-state index is -3.97. The second-order valence-electron chi connectivity index (χ2n) is 5.63. The summed E-state index contributed by atoms with van der Waals surface area (Å²) >= 11 is 0. The maximum Gasteiger partial charge on any atom is 0.316 e. The summed E-state index contributed by atoms with van der Waals surface area (Å²) in [6.07, 6.45) is -2.18. The monoisotopic (exact) mass is 374 g/mol. The fraction of sp³-hybridized carbons (Fsp3) is 0.529. The molecule has 0 amide bonds. The quantitative estimate of drug-likeness (QED) is 0.355. The lowest BCUT2D eigenvalue weighted by Gasteiger charge is -2.15. The Morgan fingerprint density at radius 3 is 2.32 bits per heavy atom. The van der Waals surface area contributed by atoms with Gasteiger partial charge in [-0.2, -0.15) is 8.42 Å². The SMILES string of the molecule is CCOC(=O)C(CC(F)CCOS(=O)(=O)c1ccc(C)cc1)C(C)=O. The summed E-state index contributed by atoms with van der Waals surface area (Å²) in [7, 11) is -3.97. The number of alkyl halides is 1. The van der Waals surface area contributed by atoms with Crippen molar-refractivity contribution in [3.05, 3.63) is 29.8 Å². The van der Waals surface area contributed by atoms with Crippen LogP contribution in [-0.4, -0.2) is 39.6 Å². The number of ketones is 1. The Morgan fingerprint density at radius 2 is 1.80 bits per heavy atom. The number of carbonyl (C=O) groups is 2. The highest BCUT2D eigenvalue weighted by molar-refractivity contribution is 7.86. The van der Waals surface area contributed by atoms with E-state index in [4.69, 9.17) is 8.92 Å². The standard InChI is InChI=1S/C17H23FO6S/c1-4-23-17(20)16(13(3)19)11-14(18)9-10-24-25(21,22)15-7-5-12(2)6-8-15/h5-8,14,16H,4,9-11H2,1-3H3. The molecule has 0 N–H and O–H groups in total. The molecular weight excluding hydrogens is 351 g/mol. The van der Waals surface area contributed by atoms with E-state index >= 15 is 0 Å². The number of Topliss-reactive ketones (excluding diaryl/α,β-unsaturated/α-hetero) is 1. The average Bonchev–Trinajstić information content (AvgIpc) is 2.52. The van der Waals surface area contributed by atoms with Crippen molar-refractivity contribution < 1.29 is 31.3 Å². The summed E-state index contributed by atoms with van der Waals surface area (Å²) < 4.78 is 47.5. The van der Waals surface area contributed by atoms with Crippen LogP contribution in [-0.2, 0) is 28.6 Å². The maximum atomic E-state index is 14.0. The molecule has 0 aliphatic rings. The smallest absolute Gasteiger partial charge is 0.316 e. The van der Waals surface area contributed by atoms with E-state index in [1.165, 1.54) is 19.1 Å². The molecule has 0 radical (unpaired) electrons. The third-order valence-electron chi connectivity index (χ3n) is 3.53. The maximum absolute atomic E-state index is 14.0. The summed E-state index contributed by atoms with van der Waals surface area (Å²) in [5.41, 5.74) is 0.900. The highest BCUT2D eigenvalue weighted by Gasteiger charge is 2.28. The van der Waals surface area contributed by atoms with E-state index in [2.05, 4.69) is 0 Å². The summed E-state index contributed by atoms with van der Waals surface area (Å²) in [4.78, 5) is 23.1. The highest BCUT2D eigenvalue weighted by Crippen LogP contribution is 2.18. The van der Waals surface area contributed by atoms with E-state index in [-0.39, 0.29) is 31.0 Å². The van der Waals surface area contributed by atoms with E-state index in [1.54, 1.807) is 19.1 Å². The Labute approximate surface area is 147 Å². The van der Waals surface area contributed by atoms with Gasteiger partial charge in [0.15, 0.2) is 0 Å². The topological polar surface area (TPSA) is 86.7 Å². The third kappa shape index (κ3) is 6.91. The van der Waals surface area contributed by atoms with Crippen molar-refractivity contribution in [2.45, 2.75) is 44.7 Å². The zero-order chi connectivity index (χ0) is 19.0. The molecule has 2 atom stereocenters. The van der Waals surface area contributed by atoms with Crippen LogP contribution >= 0.6 is 0 Å². The van der Waals surface area contributed by atoms with Crippen LogP contribution in [0.15, 0.2) is 29.2 Å². The lowest BCUT2D eigenvalue weighted by molar-refractivity contribution is -0.152. The van der Waals surface area contributed by atoms with Crippen molar-refractivity contribution in [3.8, 4) is 0 Å². The molecule has 25 heavy (non-hydrogen) atoms. The predicted octanol–water partition coefficient (Wildman–Crippen LogP) is 2.59. The van der Waals surface area contributed by atoms with Gasteiger partial charge in [0.1, 0.15) is 17.9 Å². The van der Waals surface area contributed by atoms with Crippen LogP contribution < -0.4 is 0 Å². The van der Waals surface area contributed by atoms with Gasteiger partial charge in [0, 0.05) is 6.42 Å². The van der Waals surface area contributed by atoms with Crippen LogP contribution in [0.5, 0.6) is 0 Å². The van der Waals surface area contributed by atoms with Crippen molar-refractivity contribution >= 4 is 21.9 Å². The lowest BCUT2D eigenvalue weighted by Crippen LogP contribution is -2.28. The second-order valence-corrected chi connectivity index (χ2v) is 7.24. The molecule has 1 aromatic carbocycles. The molecule has 0 fully saturated rings. The molecule has 0 spiro atoms. The van der Waals surface area contributed by atoms with E-state index < -0.39 is 34.0 Å². The lowest BCUT2D eigenvalue weighted by atomic mass is 9.97. The minimum Gasteiger partial charge on any atom is -0.465 e. The molecule has 0 aliphatic carbocycles. The Morgan fingerprint density at radius 1 is 1.20 bits per heavy atom. The molecule has 1 rings (SSSR count). The summed E-state index contributed by atoms with van der Waals surface area (Å²) in [5.74, 6) is -2.45. The number of rotatable bonds is 10. The van der Waals surface area contributed by atoms with Crippen LogP contribution in [0.3, 0.4) is 0 Å². The molecule has 0 aromatic heterocycles. The second kappa shape index (κ2) is 9.62. The number of benzene rings is 1. The van der Waals surface area contributed by atoms with Crippen molar-refractivity contribution in [2.75, 3.05) is 13.2 Å². The van der Waals surface area contributed by atoms with Gasteiger partial charge < -0.3 is 4.74 Å². The van der Waals surface area contributed by atoms with Gasteiger partial charge in [-0.1, -0.05) is 17.7 Å². The van der Waals surface area contributed by atoms with Gasteiger partial charge in [0.05, 0.1) is 18.1 Å². The van der Waals surface area contributed by atoms with Gasteiger partial charge in [0.25, 0.3) is 10.1 Å². The van der Waals surface area contributed by atoms with Crippen LogP contribution in [0.2, 0.25) is 0 Å². The first-order valence-electron chi connectivity index (χ1n) is 7.94. The Balaban J connectivity index is 2.55. The van der Waals surface area contributed by atoms with Gasteiger partial charge >= 0.3 is 5.97 Å². The first kappa shape index (κ1) is 21.2. The van der Waals surface area contributed by atoms with Gasteiger partial charge in [-0.15, -0.1) is 0 Å². The van der Waals surface area contributed by atoms with Gasteiger partial charge in [0.2, 0.25) is 0 Å². The Bertz CT molecular complexity index is 684. The fourth-order valence-electron chi connectivity index (χ4n) is 2.10. The number of ether oxygens (including phenoxy) is 1. The molecule has 6 nitrogen and oxygen atoms in total.